The minimum Gasteiger partial charge on any atom is -0.393 e. The third kappa shape index (κ3) is 4.21. The molecule has 2 aromatic carbocycles. The number of likely N-dealkylation sites (tertiary alicyclic amines) is 1. The second-order valence-electron chi connectivity index (χ2n) is 6.34. The third-order valence-electron chi connectivity index (χ3n) is 4.56. The molecule has 0 aromatic heterocycles. The molecule has 2 aromatic rings. The molecule has 1 saturated heterocycles. The van der Waals surface area contributed by atoms with Crippen LogP contribution in [0.1, 0.15) is 28.8 Å². The monoisotopic (exact) mass is 359 g/mol. The van der Waals surface area contributed by atoms with Crippen LogP contribution in [0.25, 0.3) is 11.1 Å². The van der Waals surface area contributed by atoms with Crippen LogP contribution in [0.5, 0.6) is 0 Å². The van der Waals surface area contributed by atoms with Gasteiger partial charge in [-0.1, -0.05) is 29.8 Å². The largest absolute Gasteiger partial charge is 0.393 e. The maximum Gasteiger partial charge on any atom is 0.253 e. The lowest BCUT2D eigenvalue weighted by molar-refractivity contribution is 0.0546. The lowest BCUT2D eigenvalue weighted by Gasteiger charge is -2.29. The van der Waals surface area contributed by atoms with Gasteiger partial charge in [0.1, 0.15) is 0 Å². The van der Waals surface area contributed by atoms with E-state index in [9.17, 15) is 9.90 Å². The van der Waals surface area contributed by atoms with Crippen LogP contribution < -0.4 is 0 Å². The molecule has 1 aliphatic rings. The summed E-state index contributed by atoms with van der Waals surface area (Å²) in [5.41, 5.74) is 3.65. The molecule has 0 radical (unpaired) electrons. The van der Waals surface area contributed by atoms with Gasteiger partial charge in [-0.15, -0.1) is 0 Å². The Morgan fingerprint density at radius 1 is 1.20 bits per heavy atom. The Morgan fingerprint density at radius 2 is 1.88 bits per heavy atom. The van der Waals surface area contributed by atoms with Gasteiger partial charge in [0.2, 0.25) is 0 Å². The summed E-state index contributed by atoms with van der Waals surface area (Å²) < 4.78 is 5.29. The number of ether oxygens (including phenoxy) is 1. The molecule has 132 valence electrons. The first kappa shape index (κ1) is 17.9. The molecule has 0 spiro atoms. The normalized spacial score (nSPS) is 15.4. The van der Waals surface area contributed by atoms with Crippen molar-refractivity contribution in [3.63, 3.8) is 0 Å². The Bertz CT molecular complexity index is 737. The highest BCUT2D eigenvalue weighted by molar-refractivity contribution is 6.30. The van der Waals surface area contributed by atoms with Crippen molar-refractivity contribution in [3.05, 3.63) is 58.6 Å². The Balaban J connectivity index is 1.92. The molecule has 1 aliphatic heterocycles. The standard InChI is InChI=1S/C20H22ClNO3/c1-25-13-16-3-2-15(20(24)22-10-8-18(23)9-11-22)12-19(16)14-4-6-17(21)7-5-14/h2-7,12,18,23H,8-11,13H2,1H3. The molecule has 1 amide bonds. The van der Waals surface area contributed by atoms with Gasteiger partial charge in [-0.3, -0.25) is 4.79 Å². The lowest BCUT2D eigenvalue weighted by atomic mass is 9.96. The van der Waals surface area contributed by atoms with Crippen molar-refractivity contribution < 1.29 is 14.6 Å². The number of aliphatic hydroxyl groups is 1. The highest BCUT2D eigenvalue weighted by atomic mass is 35.5. The summed E-state index contributed by atoms with van der Waals surface area (Å²) >= 11 is 5.99. The van der Waals surface area contributed by atoms with Gasteiger partial charge in [0.15, 0.2) is 0 Å². The van der Waals surface area contributed by atoms with Crippen molar-refractivity contribution in [1.29, 1.82) is 0 Å². The molecule has 3 rings (SSSR count). The molecule has 0 aliphatic carbocycles. The fourth-order valence-corrected chi connectivity index (χ4v) is 3.27. The van der Waals surface area contributed by atoms with Gasteiger partial charge < -0.3 is 14.7 Å². The van der Waals surface area contributed by atoms with E-state index in [1.54, 1.807) is 7.11 Å². The molecule has 4 nitrogen and oxygen atoms in total. The van der Waals surface area contributed by atoms with Gasteiger partial charge >= 0.3 is 0 Å². The van der Waals surface area contributed by atoms with E-state index in [0.717, 1.165) is 16.7 Å². The van der Waals surface area contributed by atoms with E-state index in [-0.39, 0.29) is 12.0 Å². The summed E-state index contributed by atoms with van der Waals surface area (Å²) in [4.78, 5) is 14.6. The number of carbonyl (C=O) groups excluding carboxylic acids is 1. The van der Waals surface area contributed by atoms with Crippen molar-refractivity contribution in [1.82, 2.24) is 4.90 Å². The summed E-state index contributed by atoms with van der Waals surface area (Å²) in [6.07, 6.45) is 0.979. The zero-order valence-electron chi connectivity index (χ0n) is 14.2. The summed E-state index contributed by atoms with van der Waals surface area (Å²) in [7, 11) is 1.66. The second-order valence-corrected chi connectivity index (χ2v) is 6.77. The SMILES string of the molecule is COCc1ccc(C(=O)N2CCC(O)CC2)cc1-c1ccc(Cl)cc1. The van der Waals surface area contributed by atoms with E-state index < -0.39 is 0 Å². The number of amides is 1. The van der Waals surface area contributed by atoms with Crippen LogP contribution in [-0.4, -0.2) is 42.2 Å². The number of carbonyl (C=O) groups is 1. The molecule has 0 unspecified atom stereocenters. The predicted molar refractivity (Wildman–Crippen MR) is 98.7 cm³/mol. The Labute approximate surface area is 153 Å². The van der Waals surface area contributed by atoms with Crippen molar-refractivity contribution in [2.45, 2.75) is 25.6 Å². The van der Waals surface area contributed by atoms with Crippen LogP contribution in [0.15, 0.2) is 42.5 Å². The lowest BCUT2D eigenvalue weighted by Crippen LogP contribution is -2.40. The first-order valence-corrected chi connectivity index (χ1v) is 8.81. The molecular formula is C20H22ClNO3. The Kier molecular flexibility index (Phi) is 5.74. The molecule has 0 bridgehead atoms. The van der Waals surface area contributed by atoms with Gasteiger partial charge in [0.25, 0.3) is 5.91 Å². The zero-order valence-corrected chi connectivity index (χ0v) is 15.0. The van der Waals surface area contributed by atoms with Crippen molar-refractivity contribution in [2.24, 2.45) is 0 Å². The molecule has 25 heavy (non-hydrogen) atoms. The maximum atomic E-state index is 12.8. The third-order valence-corrected chi connectivity index (χ3v) is 4.82. The first-order chi connectivity index (χ1) is 12.1. The van der Waals surface area contributed by atoms with E-state index in [4.69, 9.17) is 16.3 Å². The summed E-state index contributed by atoms with van der Waals surface area (Å²) in [5, 5.41) is 10.3. The van der Waals surface area contributed by atoms with Gasteiger partial charge in [0.05, 0.1) is 12.7 Å². The van der Waals surface area contributed by atoms with E-state index >= 15 is 0 Å². The molecule has 0 saturated carbocycles. The van der Waals surface area contributed by atoms with Crippen LogP contribution in [0.2, 0.25) is 5.02 Å². The highest BCUT2D eigenvalue weighted by Crippen LogP contribution is 2.28. The minimum atomic E-state index is -0.294. The second kappa shape index (κ2) is 8.00. The van der Waals surface area contributed by atoms with E-state index in [1.165, 1.54) is 0 Å². The van der Waals surface area contributed by atoms with E-state index in [0.29, 0.717) is 43.1 Å². The van der Waals surface area contributed by atoms with Crippen molar-refractivity contribution in [2.75, 3.05) is 20.2 Å². The summed E-state index contributed by atoms with van der Waals surface area (Å²) in [6.45, 7) is 1.66. The quantitative estimate of drug-likeness (QED) is 0.904. The number of hydrogen-bond acceptors (Lipinski definition) is 3. The first-order valence-electron chi connectivity index (χ1n) is 8.43. The van der Waals surface area contributed by atoms with Crippen LogP contribution >= 0.6 is 11.6 Å². The molecule has 1 heterocycles. The average Bonchev–Trinajstić information content (AvgIpc) is 2.63. The fourth-order valence-electron chi connectivity index (χ4n) is 3.14. The van der Waals surface area contributed by atoms with Gasteiger partial charge in [-0.25, -0.2) is 0 Å². The number of halogens is 1. The Hall–Kier alpha value is -1.88. The molecule has 0 atom stereocenters. The number of nitrogens with zero attached hydrogens (tertiary/aromatic N) is 1. The number of aliphatic hydroxyl groups excluding tert-OH is 1. The number of methoxy groups -OCH3 is 1. The smallest absolute Gasteiger partial charge is 0.253 e. The van der Waals surface area contributed by atoms with E-state index in [1.807, 2.05) is 47.4 Å². The van der Waals surface area contributed by atoms with Crippen LogP contribution in [0.4, 0.5) is 0 Å². The maximum absolute atomic E-state index is 12.8. The predicted octanol–water partition coefficient (Wildman–Crippen LogP) is 3.75. The highest BCUT2D eigenvalue weighted by Gasteiger charge is 2.23. The van der Waals surface area contributed by atoms with Crippen molar-refractivity contribution >= 4 is 17.5 Å². The van der Waals surface area contributed by atoms with Gasteiger partial charge in [-0.2, -0.15) is 0 Å². The summed E-state index contributed by atoms with van der Waals surface area (Å²) in [6, 6.07) is 13.3. The molecule has 1 fully saturated rings. The van der Waals surface area contributed by atoms with Crippen LogP contribution in [-0.2, 0) is 11.3 Å². The van der Waals surface area contributed by atoms with Gasteiger partial charge in [-0.05, 0) is 53.8 Å². The van der Waals surface area contributed by atoms with Crippen molar-refractivity contribution in [3.8, 4) is 11.1 Å². The number of benzene rings is 2. The fraction of sp³-hybridized carbons (Fsp3) is 0.350. The van der Waals surface area contributed by atoms with Gasteiger partial charge in [0, 0.05) is 30.8 Å². The number of piperidine rings is 1. The molecule has 5 heteroatoms. The Morgan fingerprint density at radius 3 is 2.52 bits per heavy atom. The van der Waals surface area contributed by atoms with Crippen LogP contribution in [0.3, 0.4) is 0 Å². The average molecular weight is 360 g/mol. The molecule has 1 N–H and O–H groups in total. The molecular weight excluding hydrogens is 338 g/mol. The topological polar surface area (TPSA) is 49.8 Å². The zero-order chi connectivity index (χ0) is 17.8. The number of hydrogen-bond donors (Lipinski definition) is 1. The summed E-state index contributed by atoms with van der Waals surface area (Å²) in [5.74, 6) is 0.00563. The number of rotatable bonds is 4. The van der Waals surface area contributed by atoms with Crippen LogP contribution in [0, 0.1) is 0 Å². The minimum absolute atomic E-state index is 0.00563. The van der Waals surface area contributed by atoms with E-state index in [2.05, 4.69) is 0 Å².